The second-order valence-corrected chi connectivity index (χ2v) is 7.02. The van der Waals surface area contributed by atoms with Gasteiger partial charge < -0.3 is 5.11 Å². The molecule has 7 nitrogen and oxygen atoms in total. The van der Waals surface area contributed by atoms with Gasteiger partial charge in [-0.2, -0.15) is 4.65 Å². The number of quaternary nitrogens is 1. The number of carbonyl (C=O) groups excluding carboxylic acids is 1. The van der Waals surface area contributed by atoms with Crippen LogP contribution in [0, 0.1) is 11.8 Å². The first-order chi connectivity index (χ1) is 10.4. The van der Waals surface area contributed by atoms with Gasteiger partial charge in [-0.15, -0.1) is 0 Å². The molecular weight excluding hydrogens is 288 g/mol. The topological polar surface area (TPSA) is 98.1 Å². The average Bonchev–Trinajstić information content (AvgIpc) is 2.47. The first-order valence-electron chi connectivity index (χ1n) is 8.27. The van der Waals surface area contributed by atoms with Gasteiger partial charge in [0.25, 0.3) is 5.91 Å². The first-order valence-corrected chi connectivity index (χ1v) is 8.27. The molecule has 3 N–H and O–H groups in total. The molecule has 3 rings (SSSR count). The minimum atomic E-state index is -0.863. The Balaban J connectivity index is 1.82. The number of aliphatic carboxylic acids is 1. The molecule has 0 unspecified atom stereocenters. The predicted molar refractivity (Wildman–Crippen MR) is 74.9 cm³/mol. The Morgan fingerprint density at radius 1 is 1.27 bits per heavy atom. The molecule has 0 spiro atoms. The highest BCUT2D eigenvalue weighted by Gasteiger charge is 2.60. The molecule has 124 valence electrons. The molecule has 3 aliphatic rings. The summed E-state index contributed by atoms with van der Waals surface area (Å²) < 4.78 is -0.0374. The van der Waals surface area contributed by atoms with E-state index in [0.29, 0.717) is 25.9 Å². The van der Waals surface area contributed by atoms with Crippen molar-refractivity contribution in [1.29, 1.82) is 0 Å². The van der Waals surface area contributed by atoms with Crippen LogP contribution in [0.25, 0.3) is 0 Å². The van der Waals surface area contributed by atoms with Crippen LogP contribution in [0.3, 0.4) is 0 Å². The van der Waals surface area contributed by atoms with Crippen LogP contribution in [0.5, 0.6) is 0 Å². The lowest BCUT2D eigenvalue weighted by Crippen LogP contribution is -2.72. The van der Waals surface area contributed by atoms with Crippen molar-refractivity contribution >= 4 is 11.9 Å². The van der Waals surface area contributed by atoms with Crippen molar-refractivity contribution in [2.24, 2.45) is 11.8 Å². The second kappa shape index (κ2) is 5.79. The maximum atomic E-state index is 12.5. The molecule has 22 heavy (non-hydrogen) atoms. The van der Waals surface area contributed by atoms with E-state index >= 15 is 0 Å². The Labute approximate surface area is 129 Å². The van der Waals surface area contributed by atoms with Crippen molar-refractivity contribution in [3.8, 4) is 0 Å². The third-order valence-corrected chi connectivity index (χ3v) is 5.79. The molecule has 1 amide bonds. The fourth-order valence-corrected chi connectivity index (χ4v) is 4.93. The Morgan fingerprint density at radius 2 is 1.95 bits per heavy atom. The third kappa shape index (κ3) is 2.51. The second-order valence-electron chi connectivity index (χ2n) is 7.02. The molecule has 0 aromatic carbocycles. The van der Waals surface area contributed by atoms with Gasteiger partial charge in [0.15, 0.2) is 0 Å². The van der Waals surface area contributed by atoms with Crippen LogP contribution in [0.1, 0.15) is 44.9 Å². The van der Waals surface area contributed by atoms with E-state index in [0.717, 1.165) is 30.7 Å². The average molecular weight is 313 g/mol. The Bertz CT molecular complexity index is 467. The number of carbonyl (C=O) groups is 2. The molecular formula is C15H25N2O5+. The van der Waals surface area contributed by atoms with E-state index in [1.54, 1.807) is 0 Å². The van der Waals surface area contributed by atoms with Gasteiger partial charge in [-0.3, -0.25) is 14.8 Å². The van der Waals surface area contributed by atoms with E-state index in [1.807, 2.05) is 0 Å². The summed E-state index contributed by atoms with van der Waals surface area (Å²) in [5.41, 5.74) is 0. The van der Waals surface area contributed by atoms with Gasteiger partial charge in [0.1, 0.15) is 19.1 Å². The Morgan fingerprint density at radius 3 is 2.64 bits per heavy atom. The molecule has 0 radical (unpaired) electrons. The number of hydrogen-bond donors (Lipinski definition) is 3. The highest BCUT2D eigenvalue weighted by molar-refractivity contribution is 5.79. The number of amides is 1. The Kier molecular flexibility index (Phi) is 4.13. The van der Waals surface area contributed by atoms with Crippen LogP contribution in [-0.4, -0.2) is 62.3 Å². The van der Waals surface area contributed by atoms with Gasteiger partial charge in [0.2, 0.25) is 0 Å². The lowest BCUT2D eigenvalue weighted by molar-refractivity contribution is -1.13. The van der Waals surface area contributed by atoms with Crippen molar-refractivity contribution in [2.45, 2.75) is 57.0 Å². The summed E-state index contributed by atoms with van der Waals surface area (Å²) >= 11 is 0. The quantitative estimate of drug-likeness (QED) is 0.536. The van der Waals surface area contributed by atoms with Gasteiger partial charge >= 0.3 is 5.97 Å². The lowest BCUT2D eigenvalue weighted by atomic mass is 9.69. The minimum absolute atomic E-state index is 0.0374. The maximum absolute atomic E-state index is 12.5. The highest BCUT2D eigenvalue weighted by atomic mass is 16.6. The smallest absolute Gasteiger partial charge is 0.303 e. The molecule has 0 bridgehead atoms. The van der Waals surface area contributed by atoms with Crippen LogP contribution < -0.4 is 0 Å². The number of hydrogen-bond acceptors (Lipinski definition) is 4. The van der Waals surface area contributed by atoms with E-state index in [-0.39, 0.29) is 40.9 Å². The summed E-state index contributed by atoms with van der Waals surface area (Å²) in [6.45, 7) is 1.36. The first kappa shape index (κ1) is 15.7. The van der Waals surface area contributed by atoms with Crippen LogP contribution in [-0.2, 0) is 9.59 Å². The molecule has 5 atom stereocenters. The summed E-state index contributed by atoms with van der Waals surface area (Å²) in [5.74, 6) is -1.40. The van der Waals surface area contributed by atoms with E-state index in [2.05, 4.69) is 0 Å². The largest absolute Gasteiger partial charge is 0.481 e. The summed E-state index contributed by atoms with van der Waals surface area (Å²) in [5, 5.41) is 30.8. The van der Waals surface area contributed by atoms with E-state index < -0.39 is 5.97 Å². The monoisotopic (exact) mass is 313 g/mol. The van der Waals surface area contributed by atoms with Crippen LogP contribution in [0.15, 0.2) is 0 Å². The third-order valence-electron chi connectivity index (χ3n) is 5.79. The van der Waals surface area contributed by atoms with Gasteiger partial charge in [0, 0.05) is 25.2 Å². The minimum Gasteiger partial charge on any atom is -0.481 e. The van der Waals surface area contributed by atoms with Crippen LogP contribution >= 0.6 is 0 Å². The SMILES string of the molecule is O=C(O)CCC[C@@H]1[C@H]2CCC[N@@+]3(O)CCC[C@H](C(=O)N1O)[C@@H]23. The summed E-state index contributed by atoms with van der Waals surface area (Å²) in [4.78, 5) is 23.2. The number of carboxylic acid groups (broad SMARTS) is 1. The highest BCUT2D eigenvalue weighted by Crippen LogP contribution is 2.46. The zero-order chi connectivity index (χ0) is 15.9. The fraction of sp³-hybridized carbons (Fsp3) is 0.867. The molecule has 3 fully saturated rings. The molecule has 0 aliphatic carbocycles. The predicted octanol–water partition coefficient (Wildman–Crippen LogP) is 1.24. The van der Waals surface area contributed by atoms with Gasteiger partial charge in [-0.05, 0) is 25.7 Å². The fourth-order valence-electron chi connectivity index (χ4n) is 4.93. The van der Waals surface area contributed by atoms with Gasteiger partial charge in [0.05, 0.1) is 12.0 Å². The van der Waals surface area contributed by atoms with Crippen molar-refractivity contribution in [2.75, 3.05) is 13.1 Å². The number of nitrogens with zero attached hydrogens (tertiary/aromatic N) is 2. The zero-order valence-corrected chi connectivity index (χ0v) is 12.7. The van der Waals surface area contributed by atoms with Crippen molar-refractivity contribution in [1.82, 2.24) is 5.06 Å². The Hall–Kier alpha value is -1.18. The van der Waals surface area contributed by atoms with E-state index in [9.17, 15) is 20.0 Å². The summed E-state index contributed by atoms with van der Waals surface area (Å²) in [6, 6.07) is -0.496. The van der Waals surface area contributed by atoms with E-state index in [1.165, 1.54) is 0 Å². The summed E-state index contributed by atoms with van der Waals surface area (Å²) in [6.07, 6.45) is 4.23. The normalized spacial score (nSPS) is 41.2. The van der Waals surface area contributed by atoms with Crippen LogP contribution in [0.2, 0.25) is 0 Å². The summed E-state index contributed by atoms with van der Waals surface area (Å²) in [7, 11) is 0. The number of carboxylic acids is 1. The molecule has 0 aromatic rings. The molecule has 7 heteroatoms. The van der Waals surface area contributed by atoms with Crippen molar-refractivity contribution < 1.29 is 29.8 Å². The van der Waals surface area contributed by atoms with Crippen molar-refractivity contribution in [3.63, 3.8) is 0 Å². The van der Waals surface area contributed by atoms with E-state index in [4.69, 9.17) is 5.11 Å². The number of rotatable bonds is 4. The molecule has 3 saturated heterocycles. The van der Waals surface area contributed by atoms with Gasteiger partial charge in [-0.25, -0.2) is 10.3 Å². The zero-order valence-electron chi connectivity index (χ0n) is 12.7. The molecule has 0 saturated carbocycles. The number of piperidine rings is 3. The maximum Gasteiger partial charge on any atom is 0.303 e. The standard InChI is InChI=1S/C15H24N2O5/c18-13(19)7-1-6-12-10-4-2-8-17(22)9-3-5-11(14(10)17)15(20)16(12)21/h10-12,14,21-22H,1-9H2/p+1/t10-,11+,12-,14-,17-/m1/s1. The van der Waals surface area contributed by atoms with Crippen molar-refractivity contribution in [3.05, 3.63) is 0 Å². The van der Waals surface area contributed by atoms with Crippen LogP contribution in [0.4, 0.5) is 0 Å². The molecule has 3 aliphatic heterocycles. The lowest BCUT2D eigenvalue weighted by Gasteiger charge is -2.56. The van der Waals surface area contributed by atoms with Gasteiger partial charge in [-0.1, -0.05) is 0 Å². The molecule has 0 aromatic heterocycles. The number of hydroxylamine groups is 5. The molecule has 3 heterocycles.